The van der Waals surface area contributed by atoms with Gasteiger partial charge in [0.25, 0.3) is 5.91 Å². The molecule has 0 bridgehead atoms. The number of hydrogen-bond donors (Lipinski definition) is 3. The van der Waals surface area contributed by atoms with E-state index in [2.05, 4.69) is 9.88 Å². The highest BCUT2D eigenvalue weighted by Gasteiger charge is 2.49. The van der Waals surface area contributed by atoms with Gasteiger partial charge in [0.2, 0.25) is 0 Å². The van der Waals surface area contributed by atoms with Gasteiger partial charge in [-0.15, -0.1) is 0 Å². The summed E-state index contributed by atoms with van der Waals surface area (Å²) in [5.74, 6) is 0.454. The molecule has 0 spiro atoms. The highest BCUT2D eigenvalue weighted by atomic mass is 35.5. The van der Waals surface area contributed by atoms with Crippen LogP contribution in [-0.2, 0) is 4.79 Å². The second-order valence-corrected chi connectivity index (χ2v) is 10.3. The second-order valence-electron chi connectivity index (χ2n) is 9.88. The lowest BCUT2D eigenvalue weighted by Crippen LogP contribution is -2.42. The predicted octanol–water partition coefficient (Wildman–Crippen LogP) is 2.07. The fraction of sp³-hybridized carbons (Fsp3) is 0.538. The standard InChI is InChI=1S/C26H34ClN3O6/c1-16(32)26(2)15-30(25(34)21(33)14-31)13-20(26)17-4-6-22(35-3)23(10-17)36-19-8-9-29(12-19)18-5-7-24(27)28-11-18/h4-7,10-11,16,19-21,31-33H,8-9,12-15H2,1-3H3/t16?,19?,20-,21?,26-/m0/s1. The molecular weight excluding hydrogens is 486 g/mol. The summed E-state index contributed by atoms with van der Waals surface area (Å²) < 4.78 is 12.0. The van der Waals surface area contributed by atoms with Gasteiger partial charge in [-0.25, -0.2) is 4.98 Å². The first-order chi connectivity index (χ1) is 17.2. The van der Waals surface area contributed by atoms with Crippen LogP contribution in [-0.4, -0.2) is 89.3 Å². The smallest absolute Gasteiger partial charge is 0.253 e. The number of halogens is 1. The highest BCUT2D eigenvalue weighted by molar-refractivity contribution is 6.29. The molecule has 36 heavy (non-hydrogen) atoms. The molecule has 5 atom stereocenters. The molecular formula is C26H34ClN3O6. The molecule has 2 aliphatic heterocycles. The van der Waals surface area contributed by atoms with Crippen LogP contribution >= 0.6 is 11.6 Å². The molecule has 1 amide bonds. The van der Waals surface area contributed by atoms with Gasteiger partial charge in [0.15, 0.2) is 17.6 Å². The Morgan fingerprint density at radius 2 is 2.03 bits per heavy atom. The van der Waals surface area contributed by atoms with Crippen molar-refractivity contribution in [1.82, 2.24) is 9.88 Å². The maximum atomic E-state index is 12.6. The number of aromatic nitrogens is 1. The van der Waals surface area contributed by atoms with Crippen LogP contribution in [0.2, 0.25) is 5.15 Å². The van der Waals surface area contributed by atoms with Crippen LogP contribution < -0.4 is 14.4 Å². The van der Waals surface area contributed by atoms with E-state index in [0.29, 0.717) is 29.7 Å². The van der Waals surface area contributed by atoms with Crippen LogP contribution in [0, 0.1) is 5.41 Å². The van der Waals surface area contributed by atoms with E-state index >= 15 is 0 Å². The first-order valence-corrected chi connectivity index (χ1v) is 12.5. The minimum absolute atomic E-state index is 0.0608. The van der Waals surface area contributed by atoms with Gasteiger partial charge >= 0.3 is 0 Å². The SMILES string of the molecule is COc1ccc([C@@H]2CN(C(=O)C(O)CO)C[C@@]2(C)C(C)O)cc1OC1CCN(c2ccc(Cl)nc2)C1. The minimum Gasteiger partial charge on any atom is -0.493 e. The van der Waals surface area contributed by atoms with Gasteiger partial charge < -0.3 is 34.6 Å². The van der Waals surface area contributed by atoms with Crippen molar-refractivity contribution in [3.05, 3.63) is 47.2 Å². The highest BCUT2D eigenvalue weighted by Crippen LogP contribution is 2.47. The van der Waals surface area contributed by atoms with Crippen molar-refractivity contribution >= 4 is 23.2 Å². The van der Waals surface area contributed by atoms with E-state index in [9.17, 15) is 20.1 Å². The number of ether oxygens (including phenoxy) is 2. The summed E-state index contributed by atoms with van der Waals surface area (Å²) in [6.07, 6.45) is 0.331. The third kappa shape index (κ3) is 5.25. The van der Waals surface area contributed by atoms with Crippen molar-refractivity contribution in [3.8, 4) is 11.5 Å². The Hall–Kier alpha value is -2.59. The first kappa shape index (κ1) is 26.5. The number of benzene rings is 1. The number of carbonyl (C=O) groups excluding carboxylic acids is 1. The third-order valence-electron chi connectivity index (χ3n) is 7.56. The normalized spacial score (nSPS) is 25.6. The average molecular weight is 520 g/mol. The molecule has 0 radical (unpaired) electrons. The van der Waals surface area contributed by atoms with Gasteiger partial charge in [0.1, 0.15) is 11.3 Å². The van der Waals surface area contributed by atoms with Crippen LogP contribution in [0.5, 0.6) is 11.5 Å². The Kier molecular flexibility index (Phi) is 7.94. The van der Waals surface area contributed by atoms with E-state index in [4.69, 9.17) is 21.1 Å². The molecule has 2 aliphatic rings. The molecule has 2 fully saturated rings. The van der Waals surface area contributed by atoms with Crippen LogP contribution in [0.25, 0.3) is 0 Å². The monoisotopic (exact) mass is 519 g/mol. The zero-order valence-corrected chi connectivity index (χ0v) is 21.6. The van der Waals surface area contributed by atoms with E-state index in [-0.39, 0.29) is 18.6 Å². The molecule has 3 unspecified atom stereocenters. The van der Waals surface area contributed by atoms with Crippen molar-refractivity contribution in [3.63, 3.8) is 0 Å². The fourth-order valence-corrected chi connectivity index (χ4v) is 5.29. The van der Waals surface area contributed by atoms with Crippen LogP contribution in [0.1, 0.15) is 31.7 Å². The lowest BCUT2D eigenvalue weighted by molar-refractivity contribution is -0.141. The van der Waals surface area contributed by atoms with Crippen LogP contribution in [0.15, 0.2) is 36.5 Å². The van der Waals surface area contributed by atoms with Crippen molar-refractivity contribution in [2.75, 3.05) is 44.8 Å². The fourth-order valence-electron chi connectivity index (χ4n) is 5.18. The number of amides is 1. The number of nitrogens with zero attached hydrogens (tertiary/aromatic N) is 3. The molecule has 3 N–H and O–H groups in total. The lowest BCUT2D eigenvalue weighted by atomic mass is 9.72. The average Bonchev–Trinajstić information content (AvgIpc) is 3.48. The zero-order valence-electron chi connectivity index (χ0n) is 20.8. The lowest BCUT2D eigenvalue weighted by Gasteiger charge is -2.34. The Morgan fingerprint density at radius 3 is 2.67 bits per heavy atom. The van der Waals surface area contributed by atoms with E-state index in [1.54, 1.807) is 26.3 Å². The Bertz CT molecular complexity index is 1070. The summed E-state index contributed by atoms with van der Waals surface area (Å²) in [5, 5.41) is 30.2. The molecule has 196 valence electrons. The molecule has 3 heterocycles. The number of hydrogen-bond acceptors (Lipinski definition) is 8. The second kappa shape index (κ2) is 10.8. The van der Waals surface area contributed by atoms with Crippen molar-refractivity contribution in [1.29, 1.82) is 0 Å². The summed E-state index contributed by atoms with van der Waals surface area (Å²) in [6, 6.07) is 9.40. The minimum atomic E-state index is -1.47. The number of aliphatic hydroxyl groups excluding tert-OH is 3. The molecule has 0 saturated carbocycles. The van der Waals surface area contributed by atoms with Crippen LogP contribution in [0.4, 0.5) is 5.69 Å². The molecule has 10 heteroatoms. The van der Waals surface area contributed by atoms with Gasteiger partial charge in [-0.3, -0.25) is 4.79 Å². The van der Waals surface area contributed by atoms with E-state index in [0.717, 1.165) is 24.2 Å². The molecule has 0 aliphatic carbocycles. The number of rotatable bonds is 8. The first-order valence-electron chi connectivity index (χ1n) is 12.1. The molecule has 1 aromatic heterocycles. The number of methoxy groups -OCH3 is 1. The number of carbonyl (C=O) groups is 1. The summed E-state index contributed by atoms with van der Waals surface area (Å²) in [7, 11) is 1.59. The maximum absolute atomic E-state index is 12.6. The van der Waals surface area contributed by atoms with Crippen molar-refractivity contribution in [2.45, 2.75) is 44.5 Å². The van der Waals surface area contributed by atoms with Gasteiger partial charge in [-0.2, -0.15) is 0 Å². The molecule has 9 nitrogen and oxygen atoms in total. The summed E-state index contributed by atoms with van der Waals surface area (Å²) in [6.45, 7) is 5.08. The maximum Gasteiger partial charge on any atom is 0.253 e. The van der Waals surface area contributed by atoms with Crippen molar-refractivity contribution < 1.29 is 29.6 Å². The molecule has 2 saturated heterocycles. The Morgan fingerprint density at radius 1 is 1.25 bits per heavy atom. The summed E-state index contributed by atoms with van der Waals surface area (Å²) in [5.41, 5.74) is 1.24. The van der Waals surface area contributed by atoms with Gasteiger partial charge in [0.05, 0.1) is 38.2 Å². The van der Waals surface area contributed by atoms with Gasteiger partial charge in [0, 0.05) is 37.4 Å². The molecule has 1 aromatic carbocycles. The Balaban J connectivity index is 1.55. The van der Waals surface area contributed by atoms with Gasteiger partial charge in [-0.1, -0.05) is 24.6 Å². The number of aliphatic hydroxyl groups is 3. The number of likely N-dealkylation sites (tertiary alicyclic amines) is 1. The van der Waals surface area contributed by atoms with Crippen LogP contribution in [0.3, 0.4) is 0 Å². The van der Waals surface area contributed by atoms with Crippen molar-refractivity contribution in [2.24, 2.45) is 5.41 Å². The molecule has 4 rings (SSSR count). The number of pyridine rings is 1. The van der Waals surface area contributed by atoms with E-state index in [1.165, 1.54) is 4.90 Å². The third-order valence-corrected chi connectivity index (χ3v) is 7.78. The van der Waals surface area contributed by atoms with E-state index in [1.807, 2.05) is 31.2 Å². The van der Waals surface area contributed by atoms with Gasteiger partial charge in [-0.05, 0) is 36.8 Å². The van der Waals surface area contributed by atoms with E-state index < -0.39 is 30.1 Å². The largest absolute Gasteiger partial charge is 0.493 e. The predicted molar refractivity (Wildman–Crippen MR) is 136 cm³/mol. The topological polar surface area (TPSA) is 116 Å². The summed E-state index contributed by atoms with van der Waals surface area (Å²) in [4.78, 5) is 20.5. The summed E-state index contributed by atoms with van der Waals surface area (Å²) >= 11 is 5.92. The zero-order chi connectivity index (χ0) is 26.0. The Labute approximate surface area is 216 Å². The molecule has 2 aromatic rings. The quantitative estimate of drug-likeness (QED) is 0.454. The number of anilines is 1.